The van der Waals surface area contributed by atoms with Crippen molar-refractivity contribution in [1.82, 2.24) is 9.55 Å². The van der Waals surface area contributed by atoms with Gasteiger partial charge in [-0.25, -0.2) is 9.98 Å². The number of nitrogens with one attached hydrogen (secondary N) is 1. The van der Waals surface area contributed by atoms with Crippen LogP contribution in [0, 0.1) is 0 Å². The van der Waals surface area contributed by atoms with E-state index >= 15 is 0 Å². The highest BCUT2D eigenvalue weighted by atomic mass is 16.1. The summed E-state index contributed by atoms with van der Waals surface area (Å²) >= 11 is 0. The average molecular weight is 226 g/mol. The number of anilines is 1. The molecule has 3 rings (SSSR count). The largest absolute Gasteiger partial charge is 0.310 e. The van der Waals surface area contributed by atoms with E-state index in [4.69, 9.17) is 0 Å². The summed E-state index contributed by atoms with van der Waals surface area (Å²) in [7, 11) is 0. The molecule has 2 heterocycles. The molecule has 2 aromatic rings. The second kappa shape index (κ2) is 3.86. The lowest BCUT2D eigenvalue weighted by Gasteiger charge is -2.18. The number of aliphatic imine (C=N–C) groups is 1. The summed E-state index contributed by atoms with van der Waals surface area (Å²) < 4.78 is 1.49. The summed E-state index contributed by atoms with van der Waals surface area (Å²) in [6.45, 7) is 0.305. The molecule has 1 aromatic carbocycles. The van der Waals surface area contributed by atoms with E-state index in [0.29, 0.717) is 12.6 Å². The summed E-state index contributed by atoms with van der Waals surface area (Å²) in [5, 5.41) is 3.06. The van der Waals surface area contributed by atoms with Crippen LogP contribution in [-0.4, -0.2) is 15.4 Å². The van der Waals surface area contributed by atoms with Crippen molar-refractivity contribution in [1.29, 1.82) is 0 Å². The zero-order valence-corrected chi connectivity index (χ0v) is 9.00. The minimum atomic E-state index is -0.0987. The predicted molar refractivity (Wildman–Crippen MR) is 65.1 cm³/mol. The monoisotopic (exact) mass is 226 g/mol. The molecule has 1 aliphatic heterocycles. The first-order chi connectivity index (χ1) is 8.34. The number of hydrogen-bond donors (Lipinski definition) is 1. The number of amidine groups is 1. The van der Waals surface area contributed by atoms with Gasteiger partial charge in [-0.15, -0.1) is 0 Å². The van der Waals surface area contributed by atoms with Crippen LogP contribution in [-0.2, 0) is 6.67 Å². The lowest BCUT2D eigenvalue weighted by Crippen LogP contribution is -2.30. The second-order valence-corrected chi connectivity index (χ2v) is 3.67. The Hall–Kier alpha value is -2.43. The third kappa shape index (κ3) is 1.71. The van der Waals surface area contributed by atoms with Gasteiger partial charge in [0.25, 0.3) is 5.56 Å². The van der Waals surface area contributed by atoms with Crippen molar-refractivity contribution >= 4 is 11.8 Å². The Labute approximate surface area is 97.5 Å². The van der Waals surface area contributed by atoms with Crippen LogP contribution in [0.4, 0.5) is 5.95 Å². The zero-order valence-electron chi connectivity index (χ0n) is 9.00. The van der Waals surface area contributed by atoms with Crippen LogP contribution in [0.2, 0.25) is 0 Å². The van der Waals surface area contributed by atoms with Gasteiger partial charge in [0, 0.05) is 17.8 Å². The smallest absolute Gasteiger partial charge is 0.256 e. The molecular formula is C12H10N4O. The second-order valence-electron chi connectivity index (χ2n) is 3.67. The fourth-order valence-electron chi connectivity index (χ4n) is 1.72. The van der Waals surface area contributed by atoms with Crippen LogP contribution in [0.15, 0.2) is 52.4 Å². The van der Waals surface area contributed by atoms with Crippen LogP contribution in [0.3, 0.4) is 0 Å². The molecule has 0 unspecified atom stereocenters. The van der Waals surface area contributed by atoms with Crippen LogP contribution >= 0.6 is 0 Å². The Bertz CT molecular complexity index is 630. The summed E-state index contributed by atoms with van der Waals surface area (Å²) in [6, 6.07) is 11.2. The van der Waals surface area contributed by atoms with E-state index < -0.39 is 0 Å². The molecule has 0 radical (unpaired) electrons. The van der Waals surface area contributed by atoms with Crippen molar-refractivity contribution in [3.63, 3.8) is 0 Å². The Balaban J connectivity index is 2.00. The van der Waals surface area contributed by atoms with Crippen molar-refractivity contribution in [3.8, 4) is 0 Å². The number of hydrogen-bond acceptors (Lipinski definition) is 4. The van der Waals surface area contributed by atoms with Gasteiger partial charge in [0.2, 0.25) is 5.95 Å². The standard InChI is InChI=1S/C12H10N4O/c17-10-6-7-13-12-15-11(14-8-16(10)12)9-4-2-1-3-5-9/h1-7H,8H2,(H,13,14,15). The molecule has 1 aromatic heterocycles. The van der Waals surface area contributed by atoms with Crippen LogP contribution in [0.25, 0.3) is 0 Å². The Morgan fingerprint density at radius 1 is 1.18 bits per heavy atom. The highest BCUT2D eigenvalue weighted by Gasteiger charge is 2.13. The molecular weight excluding hydrogens is 216 g/mol. The normalized spacial score (nSPS) is 13.5. The van der Waals surface area contributed by atoms with Gasteiger partial charge in [-0.1, -0.05) is 30.3 Å². The highest BCUT2D eigenvalue weighted by molar-refractivity contribution is 6.07. The van der Waals surface area contributed by atoms with E-state index in [1.54, 1.807) is 0 Å². The Morgan fingerprint density at radius 2 is 2.00 bits per heavy atom. The average Bonchev–Trinajstić information content (AvgIpc) is 2.40. The molecule has 1 N–H and O–H groups in total. The Morgan fingerprint density at radius 3 is 2.82 bits per heavy atom. The van der Waals surface area contributed by atoms with Gasteiger partial charge in [0.05, 0.1) is 0 Å². The molecule has 0 atom stereocenters. The molecule has 5 heteroatoms. The SMILES string of the molecule is O=c1ccnc2n1CN=C(c1ccccc1)N2. The maximum atomic E-state index is 11.5. The fourth-order valence-corrected chi connectivity index (χ4v) is 1.72. The van der Waals surface area contributed by atoms with Crippen molar-refractivity contribution < 1.29 is 0 Å². The van der Waals surface area contributed by atoms with E-state index in [1.165, 1.54) is 16.8 Å². The van der Waals surface area contributed by atoms with Gasteiger partial charge in [0.15, 0.2) is 0 Å². The summed E-state index contributed by atoms with van der Waals surface area (Å²) in [4.78, 5) is 20.0. The number of fused-ring (bicyclic) bond motifs is 1. The molecule has 0 fully saturated rings. The summed E-state index contributed by atoms with van der Waals surface area (Å²) in [5.74, 6) is 1.27. The molecule has 17 heavy (non-hydrogen) atoms. The topological polar surface area (TPSA) is 59.3 Å². The number of nitrogens with zero attached hydrogens (tertiary/aromatic N) is 3. The summed E-state index contributed by atoms with van der Waals surface area (Å²) in [6.07, 6.45) is 1.50. The van der Waals surface area contributed by atoms with Gasteiger partial charge in [0.1, 0.15) is 12.5 Å². The molecule has 0 spiro atoms. The fraction of sp³-hybridized carbons (Fsp3) is 0.0833. The third-order valence-electron chi connectivity index (χ3n) is 2.58. The molecule has 0 aliphatic carbocycles. The zero-order chi connectivity index (χ0) is 11.7. The van der Waals surface area contributed by atoms with E-state index in [-0.39, 0.29) is 5.56 Å². The first-order valence-corrected chi connectivity index (χ1v) is 5.27. The van der Waals surface area contributed by atoms with Crippen molar-refractivity contribution in [2.24, 2.45) is 4.99 Å². The molecule has 0 saturated heterocycles. The third-order valence-corrected chi connectivity index (χ3v) is 2.58. The number of aromatic nitrogens is 2. The van der Waals surface area contributed by atoms with E-state index in [0.717, 1.165) is 11.4 Å². The summed E-state index contributed by atoms with van der Waals surface area (Å²) in [5.41, 5.74) is 0.884. The van der Waals surface area contributed by atoms with Crippen molar-refractivity contribution in [3.05, 3.63) is 58.5 Å². The minimum Gasteiger partial charge on any atom is -0.310 e. The van der Waals surface area contributed by atoms with E-state index in [1.807, 2.05) is 30.3 Å². The lowest BCUT2D eigenvalue weighted by molar-refractivity contribution is 0.684. The molecule has 1 aliphatic rings. The van der Waals surface area contributed by atoms with Crippen LogP contribution in [0.5, 0.6) is 0 Å². The molecule has 5 nitrogen and oxygen atoms in total. The van der Waals surface area contributed by atoms with Crippen molar-refractivity contribution in [2.45, 2.75) is 6.67 Å². The van der Waals surface area contributed by atoms with Crippen molar-refractivity contribution in [2.75, 3.05) is 5.32 Å². The maximum Gasteiger partial charge on any atom is 0.256 e. The maximum absolute atomic E-state index is 11.5. The molecule has 0 bridgehead atoms. The molecule has 0 saturated carbocycles. The van der Waals surface area contributed by atoms with Crippen LogP contribution in [0.1, 0.15) is 5.56 Å². The number of rotatable bonds is 1. The highest BCUT2D eigenvalue weighted by Crippen LogP contribution is 2.10. The van der Waals surface area contributed by atoms with E-state index in [2.05, 4.69) is 15.3 Å². The Kier molecular flexibility index (Phi) is 2.22. The van der Waals surface area contributed by atoms with Gasteiger partial charge >= 0.3 is 0 Å². The van der Waals surface area contributed by atoms with Gasteiger partial charge in [-0.05, 0) is 0 Å². The van der Waals surface area contributed by atoms with Gasteiger partial charge < -0.3 is 5.32 Å². The molecule has 0 amide bonds. The van der Waals surface area contributed by atoms with Crippen LogP contribution < -0.4 is 10.9 Å². The minimum absolute atomic E-state index is 0.0987. The van der Waals surface area contributed by atoms with E-state index in [9.17, 15) is 4.79 Å². The van der Waals surface area contributed by atoms with Gasteiger partial charge in [-0.2, -0.15) is 0 Å². The quantitative estimate of drug-likeness (QED) is 0.791. The van der Waals surface area contributed by atoms with Gasteiger partial charge in [-0.3, -0.25) is 9.36 Å². The first kappa shape index (κ1) is 9.77. The number of benzene rings is 1. The predicted octanol–water partition coefficient (Wildman–Crippen LogP) is 1.07. The first-order valence-electron chi connectivity index (χ1n) is 5.27. The lowest BCUT2D eigenvalue weighted by atomic mass is 10.2. The molecule has 84 valence electrons.